The molecule has 0 saturated carbocycles. The predicted octanol–water partition coefficient (Wildman–Crippen LogP) is 1.84. The molecule has 3 heteroatoms. The number of esters is 1. The molecule has 0 N–H and O–H groups in total. The average molecular weight is 199 g/mol. The number of carbonyl (C=O) groups excluding carboxylic acids is 1. The SMILES string of the molecule is CC=CCN(CC(=O)OCC)C(C)C. The Morgan fingerprint density at radius 2 is 2.14 bits per heavy atom. The van der Waals surface area contributed by atoms with Crippen molar-refractivity contribution < 1.29 is 9.53 Å². The first-order chi connectivity index (χ1) is 6.61. The third kappa shape index (κ3) is 5.75. The first kappa shape index (κ1) is 13.2. The summed E-state index contributed by atoms with van der Waals surface area (Å²) in [5.41, 5.74) is 0. The van der Waals surface area contributed by atoms with E-state index in [4.69, 9.17) is 4.74 Å². The molecule has 0 atom stereocenters. The average Bonchev–Trinajstić information content (AvgIpc) is 2.12. The summed E-state index contributed by atoms with van der Waals surface area (Å²) in [6.07, 6.45) is 4.03. The molecule has 0 aromatic heterocycles. The van der Waals surface area contributed by atoms with Crippen molar-refractivity contribution in [2.45, 2.75) is 33.7 Å². The van der Waals surface area contributed by atoms with Gasteiger partial charge < -0.3 is 4.74 Å². The quantitative estimate of drug-likeness (QED) is 0.483. The van der Waals surface area contributed by atoms with Crippen LogP contribution in [0.1, 0.15) is 27.7 Å². The van der Waals surface area contributed by atoms with Crippen molar-refractivity contribution in [2.75, 3.05) is 19.7 Å². The second-order valence-electron chi connectivity index (χ2n) is 3.40. The Morgan fingerprint density at radius 3 is 2.57 bits per heavy atom. The number of allylic oxidation sites excluding steroid dienone is 1. The summed E-state index contributed by atoms with van der Waals surface area (Å²) in [6.45, 7) is 9.56. The Morgan fingerprint density at radius 1 is 1.50 bits per heavy atom. The third-order valence-corrected chi connectivity index (χ3v) is 1.94. The summed E-state index contributed by atoms with van der Waals surface area (Å²) in [7, 11) is 0. The standard InChI is InChI=1S/C11H21NO2/c1-5-7-8-12(10(3)4)9-11(13)14-6-2/h5,7,10H,6,8-9H2,1-4H3. The Bertz CT molecular complexity index is 188. The molecule has 0 aromatic carbocycles. The first-order valence-corrected chi connectivity index (χ1v) is 5.12. The van der Waals surface area contributed by atoms with Crippen molar-refractivity contribution in [2.24, 2.45) is 0 Å². The van der Waals surface area contributed by atoms with Crippen molar-refractivity contribution in [3.8, 4) is 0 Å². The highest BCUT2D eigenvalue weighted by molar-refractivity contribution is 5.71. The van der Waals surface area contributed by atoms with Crippen LogP contribution in [0.4, 0.5) is 0 Å². The second-order valence-corrected chi connectivity index (χ2v) is 3.40. The molecule has 0 saturated heterocycles. The van der Waals surface area contributed by atoms with Gasteiger partial charge in [-0.05, 0) is 27.7 Å². The zero-order valence-corrected chi connectivity index (χ0v) is 9.62. The monoisotopic (exact) mass is 199 g/mol. The fourth-order valence-electron chi connectivity index (χ4n) is 1.07. The number of hydrogen-bond acceptors (Lipinski definition) is 3. The molecule has 0 radical (unpaired) electrons. The van der Waals surface area contributed by atoms with Crippen LogP contribution in [0.5, 0.6) is 0 Å². The van der Waals surface area contributed by atoms with Gasteiger partial charge in [0.1, 0.15) is 0 Å². The molecule has 0 heterocycles. The highest BCUT2D eigenvalue weighted by atomic mass is 16.5. The van der Waals surface area contributed by atoms with Crippen LogP contribution in [0.25, 0.3) is 0 Å². The molecule has 0 rings (SSSR count). The maximum atomic E-state index is 11.2. The van der Waals surface area contributed by atoms with Crippen LogP contribution < -0.4 is 0 Å². The highest BCUT2D eigenvalue weighted by Crippen LogP contribution is 1.98. The number of hydrogen-bond donors (Lipinski definition) is 0. The molecule has 0 aliphatic heterocycles. The van der Waals surface area contributed by atoms with Gasteiger partial charge in [0.05, 0.1) is 13.2 Å². The van der Waals surface area contributed by atoms with Crippen LogP contribution >= 0.6 is 0 Å². The predicted molar refractivity (Wildman–Crippen MR) is 58.2 cm³/mol. The van der Waals surface area contributed by atoms with E-state index < -0.39 is 0 Å². The zero-order valence-electron chi connectivity index (χ0n) is 9.62. The fraction of sp³-hybridized carbons (Fsp3) is 0.727. The third-order valence-electron chi connectivity index (χ3n) is 1.94. The number of ether oxygens (including phenoxy) is 1. The first-order valence-electron chi connectivity index (χ1n) is 5.12. The molecule has 82 valence electrons. The van der Waals surface area contributed by atoms with Gasteiger partial charge >= 0.3 is 5.97 Å². The Kier molecular flexibility index (Phi) is 7.11. The van der Waals surface area contributed by atoms with E-state index in [9.17, 15) is 4.79 Å². The van der Waals surface area contributed by atoms with Crippen LogP contribution in [0.3, 0.4) is 0 Å². The Labute approximate surface area is 86.7 Å². The summed E-state index contributed by atoms with van der Waals surface area (Å²) >= 11 is 0. The van der Waals surface area contributed by atoms with Crippen molar-refractivity contribution in [3.63, 3.8) is 0 Å². The van der Waals surface area contributed by atoms with Crippen molar-refractivity contribution in [1.29, 1.82) is 0 Å². The minimum atomic E-state index is -0.147. The molecule has 14 heavy (non-hydrogen) atoms. The largest absolute Gasteiger partial charge is 0.465 e. The van der Waals surface area contributed by atoms with Gasteiger partial charge in [-0.25, -0.2) is 0 Å². The fourth-order valence-corrected chi connectivity index (χ4v) is 1.07. The molecule has 0 fully saturated rings. The van der Waals surface area contributed by atoms with Crippen molar-refractivity contribution in [3.05, 3.63) is 12.2 Å². The second kappa shape index (κ2) is 7.56. The minimum Gasteiger partial charge on any atom is -0.465 e. The molecular weight excluding hydrogens is 178 g/mol. The van der Waals surface area contributed by atoms with Gasteiger partial charge in [-0.3, -0.25) is 9.69 Å². The lowest BCUT2D eigenvalue weighted by molar-refractivity contribution is -0.144. The van der Waals surface area contributed by atoms with E-state index in [1.807, 2.05) is 26.0 Å². The van der Waals surface area contributed by atoms with E-state index in [2.05, 4.69) is 18.7 Å². The number of nitrogens with zero attached hydrogens (tertiary/aromatic N) is 1. The molecule has 0 aromatic rings. The Balaban J connectivity index is 4.02. The van der Waals surface area contributed by atoms with E-state index in [1.54, 1.807) is 0 Å². The zero-order chi connectivity index (χ0) is 11.0. The molecule has 0 spiro atoms. The van der Waals surface area contributed by atoms with E-state index in [-0.39, 0.29) is 5.97 Å². The highest BCUT2D eigenvalue weighted by Gasteiger charge is 2.12. The molecule has 0 bridgehead atoms. The van der Waals surface area contributed by atoms with Gasteiger partial charge in [0.2, 0.25) is 0 Å². The van der Waals surface area contributed by atoms with Gasteiger partial charge in [-0.15, -0.1) is 0 Å². The summed E-state index contributed by atoms with van der Waals surface area (Å²) in [5, 5.41) is 0. The Hall–Kier alpha value is -0.830. The summed E-state index contributed by atoms with van der Waals surface area (Å²) < 4.78 is 4.90. The summed E-state index contributed by atoms with van der Waals surface area (Å²) in [6, 6.07) is 0.357. The van der Waals surface area contributed by atoms with Crippen LogP contribution in [-0.4, -0.2) is 36.6 Å². The molecule has 3 nitrogen and oxygen atoms in total. The lowest BCUT2D eigenvalue weighted by Gasteiger charge is -2.23. The van der Waals surface area contributed by atoms with Crippen LogP contribution in [0.2, 0.25) is 0 Å². The lowest BCUT2D eigenvalue weighted by Crippen LogP contribution is -2.36. The van der Waals surface area contributed by atoms with Crippen molar-refractivity contribution >= 4 is 5.97 Å². The normalized spacial score (nSPS) is 11.6. The number of rotatable bonds is 6. The number of carbonyl (C=O) groups is 1. The lowest BCUT2D eigenvalue weighted by atomic mass is 10.3. The van der Waals surface area contributed by atoms with Gasteiger partial charge in [-0.2, -0.15) is 0 Å². The maximum Gasteiger partial charge on any atom is 0.320 e. The van der Waals surface area contributed by atoms with Crippen LogP contribution in [0.15, 0.2) is 12.2 Å². The van der Waals surface area contributed by atoms with Gasteiger partial charge in [0.25, 0.3) is 0 Å². The maximum absolute atomic E-state index is 11.2. The molecule has 0 aliphatic rings. The molecule has 0 aliphatic carbocycles. The van der Waals surface area contributed by atoms with E-state index in [0.717, 1.165) is 6.54 Å². The van der Waals surface area contributed by atoms with E-state index >= 15 is 0 Å². The molecule has 0 amide bonds. The van der Waals surface area contributed by atoms with E-state index in [1.165, 1.54) is 0 Å². The smallest absolute Gasteiger partial charge is 0.320 e. The summed E-state index contributed by atoms with van der Waals surface area (Å²) in [5.74, 6) is -0.147. The van der Waals surface area contributed by atoms with Crippen LogP contribution in [0, 0.1) is 0 Å². The van der Waals surface area contributed by atoms with E-state index in [0.29, 0.717) is 19.2 Å². The molecule has 0 unspecified atom stereocenters. The van der Waals surface area contributed by atoms with Gasteiger partial charge in [0.15, 0.2) is 0 Å². The van der Waals surface area contributed by atoms with Gasteiger partial charge in [0, 0.05) is 12.6 Å². The van der Waals surface area contributed by atoms with Gasteiger partial charge in [-0.1, -0.05) is 12.2 Å². The topological polar surface area (TPSA) is 29.5 Å². The molecular formula is C11H21NO2. The summed E-state index contributed by atoms with van der Waals surface area (Å²) in [4.78, 5) is 13.3. The minimum absolute atomic E-state index is 0.147. The van der Waals surface area contributed by atoms with Crippen LogP contribution in [-0.2, 0) is 9.53 Å². The van der Waals surface area contributed by atoms with Crippen molar-refractivity contribution in [1.82, 2.24) is 4.90 Å².